The largest absolute Gasteiger partial charge is 0.494 e. The molecule has 3 atom stereocenters. The maximum atomic E-state index is 13.8. The summed E-state index contributed by atoms with van der Waals surface area (Å²) >= 11 is 2.32. The van der Waals surface area contributed by atoms with Gasteiger partial charge in [0.15, 0.2) is 11.5 Å². The summed E-state index contributed by atoms with van der Waals surface area (Å²) in [4.78, 5) is 44.1. The highest BCUT2D eigenvalue weighted by Crippen LogP contribution is 2.53. The molecule has 176 valence electrons. The predicted octanol–water partition coefficient (Wildman–Crippen LogP) is 3.65. The second kappa shape index (κ2) is 8.84. The molecule has 0 saturated carbocycles. The number of carbonyl (C=O) groups is 2. The number of nitrogens with zero attached hydrogens (tertiary/aromatic N) is 1. The number of hydrogen-bond acceptors (Lipinski definition) is 8. The van der Waals surface area contributed by atoms with Crippen molar-refractivity contribution in [1.29, 1.82) is 0 Å². The maximum Gasteiger partial charge on any atom is 0.305 e. The summed E-state index contributed by atoms with van der Waals surface area (Å²) in [6.07, 6.45) is 0. The minimum Gasteiger partial charge on any atom is -0.494 e. The SMILES string of the molecule is CCOc1ccc(N2C(=O)[C@H]3[C@H](c4ccc(OC)c(OC)c4)c4sc(=O)[nH]c4S[C@H]3C2=O)cc1. The number of amides is 2. The van der Waals surface area contributed by atoms with E-state index in [1.165, 1.54) is 16.7 Å². The third kappa shape index (κ3) is 3.57. The van der Waals surface area contributed by atoms with Gasteiger partial charge in [0, 0.05) is 10.8 Å². The van der Waals surface area contributed by atoms with E-state index in [0.717, 1.165) is 21.8 Å². The van der Waals surface area contributed by atoms with E-state index in [2.05, 4.69) is 4.98 Å². The molecule has 0 unspecified atom stereocenters. The summed E-state index contributed by atoms with van der Waals surface area (Å²) in [7, 11) is 3.09. The quantitative estimate of drug-likeness (QED) is 0.518. The molecule has 8 nitrogen and oxygen atoms in total. The number of fused-ring (bicyclic) bond motifs is 2. The van der Waals surface area contributed by atoms with Crippen LogP contribution in [0.5, 0.6) is 17.2 Å². The third-order valence-corrected chi connectivity index (χ3v) is 8.40. The van der Waals surface area contributed by atoms with Crippen molar-refractivity contribution >= 4 is 40.6 Å². The zero-order valence-corrected chi connectivity index (χ0v) is 20.3. The van der Waals surface area contributed by atoms with Gasteiger partial charge in [-0.05, 0) is 48.9 Å². The lowest BCUT2D eigenvalue weighted by Crippen LogP contribution is -2.32. The Morgan fingerprint density at radius 1 is 0.971 bits per heavy atom. The van der Waals surface area contributed by atoms with Crippen LogP contribution in [0.4, 0.5) is 5.69 Å². The second-order valence-corrected chi connectivity index (χ2v) is 9.97. The van der Waals surface area contributed by atoms with Gasteiger partial charge in [-0.25, -0.2) is 4.90 Å². The standard InChI is InChI=1S/C24H22N2O6S2/c1-4-32-14-8-6-13(7-9-14)26-22(27)18-17(12-5-10-15(30-2)16(11-12)31-3)19-21(25-24(29)34-19)33-20(18)23(26)28/h5-11,17-18,20H,4H2,1-3H3,(H,25,29)/t17-,18-,20+/m0/s1. The lowest BCUT2D eigenvalue weighted by atomic mass is 9.83. The Bertz CT molecular complexity index is 1320. The van der Waals surface area contributed by atoms with E-state index in [9.17, 15) is 14.4 Å². The van der Waals surface area contributed by atoms with Crippen LogP contribution >= 0.6 is 23.1 Å². The molecule has 34 heavy (non-hydrogen) atoms. The van der Waals surface area contributed by atoms with Crippen LogP contribution in [0.1, 0.15) is 23.3 Å². The average molecular weight is 499 g/mol. The molecule has 0 radical (unpaired) electrons. The summed E-state index contributed by atoms with van der Waals surface area (Å²) in [6, 6.07) is 12.3. The summed E-state index contributed by atoms with van der Waals surface area (Å²) in [5.74, 6) is 0.000280. The number of aromatic nitrogens is 1. The first-order chi connectivity index (χ1) is 16.5. The van der Waals surface area contributed by atoms with Crippen LogP contribution < -0.4 is 24.0 Å². The molecule has 10 heteroatoms. The number of H-pyrrole nitrogens is 1. The highest BCUT2D eigenvalue weighted by atomic mass is 32.2. The summed E-state index contributed by atoms with van der Waals surface area (Å²) in [5.41, 5.74) is 1.27. The number of thioether (sulfide) groups is 1. The van der Waals surface area contributed by atoms with E-state index < -0.39 is 17.1 Å². The van der Waals surface area contributed by atoms with Crippen molar-refractivity contribution in [3.8, 4) is 17.2 Å². The fourth-order valence-corrected chi connectivity index (χ4v) is 7.05. The molecule has 1 fully saturated rings. The number of anilines is 1. The van der Waals surface area contributed by atoms with Gasteiger partial charge in [-0.1, -0.05) is 29.2 Å². The van der Waals surface area contributed by atoms with Crippen molar-refractivity contribution in [2.75, 3.05) is 25.7 Å². The number of imide groups is 1. The Balaban J connectivity index is 1.60. The van der Waals surface area contributed by atoms with Crippen LogP contribution in [0, 0.1) is 5.92 Å². The Morgan fingerprint density at radius 2 is 1.71 bits per heavy atom. The zero-order valence-electron chi connectivity index (χ0n) is 18.7. The van der Waals surface area contributed by atoms with Gasteiger partial charge in [0.2, 0.25) is 11.8 Å². The summed E-state index contributed by atoms with van der Waals surface area (Å²) in [6.45, 7) is 2.41. The van der Waals surface area contributed by atoms with Crippen molar-refractivity contribution in [3.05, 3.63) is 62.6 Å². The number of aromatic amines is 1. The first kappa shape index (κ1) is 22.5. The monoisotopic (exact) mass is 498 g/mol. The Hall–Kier alpha value is -3.24. The van der Waals surface area contributed by atoms with Crippen molar-refractivity contribution in [3.63, 3.8) is 0 Å². The number of nitrogens with one attached hydrogen (secondary N) is 1. The average Bonchev–Trinajstić information content (AvgIpc) is 3.34. The highest BCUT2D eigenvalue weighted by molar-refractivity contribution is 8.00. The Kier molecular flexibility index (Phi) is 5.86. The number of methoxy groups -OCH3 is 2. The first-order valence-electron chi connectivity index (χ1n) is 10.7. The lowest BCUT2D eigenvalue weighted by Gasteiger charge is -2.30. The van der Waals surface area contributed by atoms with E-state index in [4.69, 9.17) is 14.2 Å². The number of hydrogen-bond donors (Lipinski definition) is 1. The van der Waals surface area contributed by atoms with Crippen molar-refractivity contribution in [2.45, 2.75) is 23.1 Å². The zero-order chi connectivity index (χ0) is 24.0. The van der Waals surface area contributed by atoms with Crippen molar-refractivity contribution in [1.82, 2.24) is 4.98 Å². The van der Waals surface area contributed by atoms with Gasteiger partial charge in [-0.3, -0.25) is 14.4 Å². The van der Waals surface area contributed by atoms with Crippen molar-refractivity contribution in [2.24, 2.45) is 5.92 Å². The molecule has 5 rings (SSSR count). The number of ether oxygens (including phenoxy) is 3. The Morgan fingerprint density at radius 3 is 2.38 bits per heavy atom. The molecule has 1 N–H and O–H groups in total. The van der Waals surface area contributed by atoms with Crippen molar-refractivity contribution < 1.29 is 23.8 Å². The van der Waals surface area contributed by atoms with E-state index in [1.54, 1.807) is 44.6 Å². The maximum absolute atomic E-state index is 13.8. The molecule has 3 aromatic rings. The number of thiazole rings is 1. The molecule has 2 amide bonds. The van der Waals surface area contributed by atoms with Crippen LogP contribution in [0.3, 0.4) is 0 Å². The predicted molar refractivity (Wildman–Crippen MR) is 130 cm³/mol. The first-order valence-corrected chi connectivity index (χ1v) is 12.4. The summed E-state index contributed by atoms with van der Waals surface area (Å²) in [5, 5.41) is -0.0272. The number of benzene rings is 2. The molecule has 1 aromatic heterocycles. The minimum absolute atomic E-state index is 0.216. The lowest BCUT2D eigenvalue weighted by molar-refractivity contribution is -0.122. The van der Waals surface area contributed by atoms with Crippen LogP contribution in [-0.4, -0.2) is 42.9 Å². The molecular formula is C24H22N2O6S2. The van der Waals surface area contributed by atoms with Gasteiger partial charge in [0.05, 0.1) is 37.5 Å². The van der Waals surface area contributed by atoms with Gasteiger partial charge in [-0.2, -0.15) is 0 Å². The van der Waals surface area contributed by atoms with Gasteiger partial charge in [0.25, 0.3) is 0 Å². The van der Waals surface area contributed by atoms with E-state index in [0.29, 0.717) is 34.6 Å². The number of rotatable bonds is 6. The van der Waals surface area contributed by atoms with Gasteiger partial charge in [0.1, 0.15) is 11.0 Å². The topological polar surface area (TPSA) is 97.9 Å². The fraction of sp³-hybridized carbons (Fsp3) is 0.292. The van der Waals surface area contributed by atoms with Crippen LogP contribution in [0.2, 0.25) is 0 Å². The molecule has 2 aliphatic rings. The van der Waals surface area contributed by atoms with Gasteiger partial charge in [-0.15, -0.1) is 0 Å². The van der Waals surface area contributed by atoms with Gasteiger partial charge < -0.3 is 19.2 Å². The molecular weight excluding hydrogens is 476 g/mol. The summed E-state index contributed by atoms with van der Waals surface area (Å²) < 4.78 is 16.3. The third-order valence-electron chi connectivity index (χ3n) is 6.00. The Labute approximate surface area is 203 Å². The molecule has 1 saturated heterocycles. The molecule has 0 spiro atoms. The van der Waals surface area contributed by atoms with Crippen LogP contribution in [0.15, 0.2) is 52.3 Å². The molecule has 0 bridgehead atoms. The number of carbonyl (C=O) groups excluding carboxylic acids is 2. The van der Waals surface area contributed by atoms with Crippen LogP contribution in [0.25, 0.3) is 0 Å². The van der Waals surface area contributed by atoms with E-state index in [-0.39, 0.29) is 16.7 Å². The smallest absolute Gasteiger partial charge is 0.305 e. The molecule has 2 aromatic carbocycles. The molecule has 2 aliphatic heterocycles. The molecule has 0 aliphatic carbocycles. The molecule has 3 heterocycles. The van der Waals surface area contributed by atoms with E-state index in [1.807, 2.05) is 19.1 Å². The fourth-order valence-electron chi connectivity index (χ4n) is 4.53. The minimum atomic E-state index is -0.666. The van der Waals surface area contributed by atoms with Crippen LogP contribution in [-0.2, 0) is 9.59 Å². The van der Waals surface area contributed by atoms with E-state index >= 15 is 0 Å². The highest BCUT2D eigenvalue weighted by Gasteiger charge is 2.56. The second-order valence-electron chi connectivity index (χ2n) is 7.80. The normalized spacial score (nSPS) is 21.3. The van der Waals surface area contributed by atoms with Gasteiger partial charge >= 0.3 is 4.87 Å².